The standard InChI is InChI=1S/C11H18O3/c12-8-11(4-2-1-3-5-11)9-6-14-7-10(9)13/h8-10,13H,1-7H2. The molecule has 2 atom stereocenters. The summed E-state index contributed by atoms with van der Waals surface area (Å²) in [4.78, 5) is 11.2. The molecule has 2 rings (SSSR count). The van der Waals surface area contributed by atoms with Gasteiger partial charge in [0.25, 0.3) is 0 Å². The average Bonchev–Trinajstić information content (AvgIpc) is 2.66. The van der Waals surface area contributed by atoms with Gasteiger partial charge in [-0.1, -0.05) is 19.3 Å². The summed E-state index contributed by atoms with van der Waals surface area (Å²) >= 11 is 0. The van der Waals surface area contributed by atoms with E-state index in [9.17, 15) is 9.90 Å². The summed E-state index contributed by atoms with van der Waals surface area (Å²) in [5.41, 5.74) is -0.284. The molecule has 0 radical (unpaired) electrons. The van der Waals surface area contributed by atoms with Gasteiger partial charge in [-0.25, -0.2) is 0 Å². The van der Waals surface area contributed by atoms with E-state index in [-0.39, 0.29) is 11.3 Å². The van der Waals surface area contributed by atoms with Crippen LogP contribution in [-0.2, 0) is 9.53 Å². The molecule has 0 bridgehead atoms. The zero-order chi connectivity index (χ0) is 10.0. The summed E-state index contributed by atoms with van der Waals surface area (Å²) < 4.78 is 5.24. The maximum Gasteiger partial charge on any atom is 0.126 e. The van der Waals surface area contributed by atoms with Crippen LogP contribution >= 0.6 is 0 Å². The largest absolute Gasteiger partial charge is 0.390 e. The number of aliphatic hydroxyl groups is 1. The van der Waals surface area contributed by atoms with Crippen LogP contribution in [0.5, 0.6) is 0 Å². The van der Waals surface area contributed by atoms with Crippen molar-refractivity contribution in [2.24, 2.45) is 11.3 Å². The molecule has 1 N–H and O–H groups in total. The number of aliphatic hydroxyl groups excluding tert-OH is 1. The van der Waals surface area contributed by atoms with Crippen molar-refractivity contribution < 1.29 is 14.6 Å². The summed E-state index contributed by atoms with van der Waals surface area (Å²) in [6, 6.07) is 0. The molecule has 3 heteroatoms. The van der Waals surface area contributed by atoms with Gasteiger partial charge in [0, 0.05) is 11.3 Å². The number of aldehydes is 1. The SMILES string of the molecule is O=CC1(C2COCC2O)CCCCC1. The number of hydrogen-bond donors (Lipinski definition) is 1. The minimum atomic E-state index is -0.432. The van der Waals surface area contributed by atoms with Crippen LogP contribution in [0.3, 0.4) is 0 Å². The van der Waals surface area contributed by atoms with Crippen molar-refractivity contribution in [3.05, 3.63) is 0 Å². The minimum Gasteiger partial charge on any atom is -0.390 e. The normalized spacial score (nSPS) is 36.9. The first-order chi connectivity index (χ1) is 6.78. The zero-order valence-electron chi connectivity index (χ0n) is 8.45. The summed E-state index contributed by atoms with van der Waals surface area (Å²) in [5, 5.41) is 9.75. The molecule has 0 aromatic rings. The Labute approximate surface area is 84.4 Å². The second-order valence-electron chi connectivity index (χ2n) is 4.62. The Morgan fingerprint density at radius 3 is 2.43 bits per heavy atom. The molecule has 1 aliphatic heterocycles. The van der Waals surface area contributed by atoms with Gasteiger partial charge in [-0.05, 0) is 12.8 Å². The highest BCUT2D eigenvalue weighted by atomic mass is 16.5. The van der Waals surface area contributed by atoms with Crippen LogP contribution in [0.15, 0.2) is 0 Å². The van der Waals surface area contributed by atoms with E-state index in [0.717, 1.165) is 32.0 Å². The van der Waals surface area contributed by atoms with E-state index in [1.54, 1.807) is 0 Å². The topological polar surface area (TPSA) is 46.5 Å². The highest BCUT2D eigenvalue weighted by molar-refractivity contribution is 5.60. The minimum absolute atomic E-state index is 0.0419. The number of carbonyl (C=O) groups is 1. The lowest BCUT2D eigenvalue weighted by atomic mass is 9.66. The fourth-order valence-electron chi connectivity index (χ4n) is 2.88. The first kappa shape index (κ1) is 10.1. The molecule has 14 heavy (non-hydrogen) atoms. The molecule has 0 spiro atoms. The summed E-state index contributed by atoms with van der Waals surface area (Å²) in [7, 11) is 0. The highest BCUT2D eigenvalue weighted by Gasteiger charge is 2.45. The summed E-state index contributed by atoms with van der Waals surface area (Å²) in [5.74, 6) is 0.0419. The monoisotopic (exact) mass is 198 g/mol. The molecule has 3 nitrogen and oxygen atoms in total. The van der Waals surface area contributed by atoms with Gasteiger partial charge >= 0.3 is 0 Å². The fraction of sp³-hybridized carbons (Fsp3) is 0.909. The Bertz CT molecular complexity index is 209. The van der Waals surface area contributed by atoms with Crippen LogP contribution in [0.25, 0.3) is 0 Å². The Balaban J connectivity index is 2.13. The molecule has 0 aromatic carbocycles. The van der Waals surface area contributed by atoms with E-state index >= 15 is 0 Å². The molecule has 1 heterocycles. The Kier molecular flexibility index (Phi) is 2.88. The van der Waals surface area contributed by atoms with Gasteiger partial charge in [0.2, 0.25) is 0 Å². The van der Waals surface area contributed by atoms with Gasteiger partial charge in [0.05, 0.1) is 19.3 Å². The molecule has 1 saturated carbocycles. The summed E-state index contributed by atoms with van der Waals surface area (Å²) in [6.07, 6.45) is 5.96. The van der Waals surface area contributed by atoms with Gasteiger partial charge in [-0.2, -0.15) is 0 Å². The van der Waals surface area contributed by atoms with Crippen molar-refractivity contribution >= 4 is 6.29 Å². The second kappa shape index (κ2) is 3.99. The lowest BCUT2D eigenvalue weighted by Gasteiger charge is -2.37. The number of hydrogen-bond acceptors (Lipinski definition) is 3. The third-order valence-corrected chi connectivity index (χ3v) is 3.81. The van der Waals surface area contributed by atoms with Crippen molar-refractivity contribution in [1.29, 1.82) is 0 Å². The van der Waals surface area contributed by atoms with E-state index in [1.807, 2.05) is 0 Å². The van der Waals surface area contributed by atoms with Crippen LogP contribution in [0.2, 0.25) is 0 Å². The van der Waals surface area contributed by atoms with Crippen molar-refractivity contribution in [1.82, 2.24) is 0 Å². The van der Waals surface area contributed by atoms with Crippen LogP contribution < -0.4 is 0 Å². The van der Waals surface area contributed by atoms with E-state index in [2.05, 4.69) is 0 Å². The Morgan fingerprint density at radius 1 is 1.21 bits per heavy atom. The maximum absolute atomic E-state index is 11.2. The van der Waals surface area contributed by atoms with Crippen LogP contribution in [0.4, 0.5) is 0 Å². The molecule has 0 amide bonds. The van der Waals surface area contributed by atoms with Gasteiger partial charge in [0.15, 0.2) is 0 Å². The van der Waals surface area contributed by atoms with Crippen LogP contribution in [0, 0.1) is 11.3 Å². The quantitative estimate of drug-likeness (QED) is 0.677. The predicted octanol–water partition coefficient (Wildman–Crippen LogP) is 1.14. The van der Waals surface area contributed by atoms with E-state index in [1.165, 1.54) is 6.42 Å². The molecular weight excluding hydrogens is 180 g/mol. The number of ether oxygens (including phenoxy) is 1. The first-order valence-electron chi connectivity index (χ1n) is 5.51. The Hall–Kier alpha value is -0.410. The van der Waals surface area contributed by atoms with E-state index < -0.39 is 6.10 Å². The van der Waals surface area contributed by atoms with E-state index in [4.69, 9.17) is 4.74 Å². The lowest BCUT2D eigenvalue weighted by Crippen LogP contribution is -2.40. The maximum atomic E-state index is 11.2. The third kappa shape index (κ3) is 1.59. The van der Waals surface area contributed by atoms with Crippen molar-refractivity contribution in [3.63, 3.8) is 0 Å². The van der Waals surface area contributed by atoms with E-state index in [0.29, 0.717) is 13.2 Å². The van der Waals surface area contributed by atoms with Crippen LogP contribution in [-0.4, -0.2) is 30.7 Å². The number of carbonyl (C=O) groups excluding carboxylic acids is 1. The first-order valence-corrected chi connectivity index (χ1v) is 5.51. The molecule has 2 unspecified atom stereocenters. The second-order valence-corrected chi connectivity index (χ2v) is 4.62. The average molecular weight is 198 g/mol. The predicted molar refractivity (Wildman–Crippen MR) is 51.9 cm³/mol. The highest BCUT2D eigenvalue weighted by Crippen LogP contribution is 2.44. The molecule has 2 fully saturated rings. The molecule has 1 aliphatic carbocycles. The lowest BCUT2D eigenvalue weighted by molar-refractivity contribution is -0.123. The molecular formula is C11H18O3. The molecule has 2 aliphatic rings. The molecule has 1 saturated heterocycles. The van der Waals surface area contributed by atoms with Crippen molar-refractivity contribution in [2.75, 3.05) is 13.2 Å². The summed E-state index contributed by atoms with van der Waals surface area (Å²) in [6.45, 7) is 0.958. The smallest absolute Gasteiger partial charge is 0.126 e. The van der Waals surface area contributed by atoms with Crippen LogP contribution in [0.1, 0.15) is 32.1 Å². The van der Waals surface area contributed by atoms with Crippen molar-refractivity contribution in [3.8, 4) is 0 Å². The number of rotatable bonds is 2. The Morgan fingerprint density at radius 2 is 1.93 bits per heavy atom. The molecule has 80 valence electrons. The fourth-order valence-corrected chi connectivity index (χ4v) is 2.88. The van der Waals surface area contributed by atoms with Gasteiger partial charge in [-0.15, -0.1) is 0 Å². The zero-order valence-corrected chi connectivity index (χ0v) is 8.45. The van der Waals surface area contributed by atoms with Gasteiger partial charge < -0.3 is 14.6 Å². The molecule has 0 aromatic heterocycles. The van der Waals surface area contributed by atoms with Gasteiger partial charge in [0.1, 0.15) is 6.29 Å². The third-order valence-electron chi connectivity index (χ3n) is 3.81. The van der Waals surface area contributed by atoms with Crippen molar-refractivity contribution in [2.45, 2.75) is 38.2 Å². The van der Waals surface area contributed by atoms with Gasteiger partial charge in [-0.3, -0.25) is 0 Å².